The van der Waals surface area contributed by atoms with Crippen LogP contribution in [0.25, 0.3) is 17.5 Å². The number of sulfone groups is 1. The second kappa shape index (κ2) is 11.1. The van der Waals surface area contributed by atoms with Crippen LogP contribution >= 0.6 is 34.5 Å². The summed E-state index contributed by atoms with van der Waals surface area (Å²) in [6, 6.07) is 21.2. The van der Waals surface area contributed by atoms with Crippen LogP contribution in [0.4, 0.5) is 0 Å². The molecule has 7 nitrogen and oxygen atoms in total. The summed E-state index contributed by atoms with van der Waals surface area (Å²) in [5.41, 5.74) is 6.83. The third kappa shape index (κ3) is 4.79. The van der Waals surface area contributed by atoms with E-state index in [0.717, 1.165) is 15.9 Å². The van der Waals surface area contributed by atoms with E-state index in [4.69, 9.17) is 33.7 Å². The first-order valence-electron chi connectivity index (χ1n) is 12.1. The molecule has 0 saturated heterocycles. The lowest BCUT2D eigenvalue weighted by Crippen LogP contribution is -2.41. The molecule has 0 radical (unpaired) electrons. The number of esters is 1. The number of hydrogen-bond acceptors (Lipinski definition) is 7. The van der Waals surface area contributed by atoms with Gasteiger partial charge in [-0.3, -0.25) is 9.36 Å². The van der Waals surface area contributed by atoms with Gasteiger partial charge in [0.05, 0.1) is 27.5 Å². The van der Waals surface area contributed by atoms with Crippen LogP contribution in [0.15, 0.2) is 93.5 Å². The van der Waals surface area contributed by atoms with Crippen molar-refractivity contribution < 1.29 is 17.9 Å². The predicted octanol–water partition coefficient (Wildman–Crippen LogP) is 4.12. The molecule has 0 amide bonds. The van der Waals surface area contributed by atoms with Crippen LogP contribution in [-0.4, -0.2) is 25.6 Å². The zero-order valence-corrected chi connectivity index (χ0v) is 24.2. The minimum Gasteiger partial charge on any atom is -0.463 e. The molecule has 5 rings (SSSR count). The highest BCUT2D eigenvalue weighted by Gasteiger charge is 2.43. The van der Waals surface area contributed by atoms with Crippen LogP contribution in [-0.2, 0) is 19.4 Å². The predicted molar refractivity (Wildman–Crippen MR) is 158 cm³/mol. The van der Waals surface area contributed by atoms with Gasteiger partial charge in [0.2, 0.25) is 9.84 Å². The van der Waals surface area contributed by atoms with Gasteiger partial charge in [-0.1, -0.05) is 77.8 Å². The van der Waals surface area contributed by atoms with Crippen molar-refractivity contribution in [2.45, 2.75) is 17.7 Å². The lowest BCUT2D eigenvalue weighted by molar-refractivity contribution is -0.136. The number of hydrogen-bond donors (Lipinski definition) is 1. The molecule has 0 spiro atoms. The fourth-order valence-electron chi connectivity index (χ4n) is 4.57. The normalized spacial score (nSPS) is 15.7. The summed E-state index contributed by atoms with van der Waals surface area (Å²) in [4.78, 5) is 27.0. The second-order valence-electron chi connectivity index (χ2n) is 8.73. The molecule has 204 valence electrons. The number of allylic oxidation sites excluding steroid dienone is 1. The number of halogens is 2. The summed E-state index contributed by atoms with van der Waals surface area (Å²) in [7, 11) is -4.34. The van der Waals surface area contributed by atoms with Gasteiger partial charge < -0.3 is 10.5 Å². The third-order valence-electron chi connectivity index (χ3n) is 6.34. The first-order valence-corrected chi connectivity index (χ1v) is 15.2. The Morgan fingerprint density at radius 1 is 1.00 bits per heavy atom. The lowest BCUT2D eigenvalue weighted by atomic mass is 9.89. The summed E-state index contributed by atoms with van der Waals surface area (Å²) >= 11 is 13.9. The largest absolute Gasteiger partial charge is 0.463 e. The zero-order valence-electron chi connectivity index (χ0n) is 21.0. The summed E-state index contributed by atoms with van der Waals surface area (Å²) < 4.78 is 35.2. The van der Waals surface area contributed by atoms with E-state index in [1.54, 1.807) is 79.7 Å². The van der Waals surface area contributed by atoms with Crippen molar-refractivity contribution in [3.05, 3.63) is 124 Å². The highest BCUT2D eigenvalue weighted by molar-refractivity contribution is 7.95. The van der Waals surface area contributed by atoms with Gasteiger partial charge in [0, 0.05) is 10.0 Å². The minimum atomic E-state index is -4.34. The van der Waals surface area contributed by atoms with Crippen molar-refractivity contribution >= 4 is 67.8 Å². The highest BCUT2D eigenvalue weighted by Crippen LogP contribution is 2.44. The van der Waals surface area contributed by atoms with Crippen LogP contribution in [0, 0.1) is 0 Å². The summed E-state index contributed by atoms with van der Waals surface area (Å²) in [6.07, 6.45) is 1.58. The molecule has 11 heteroatoms. The Bertz CT molecular complexity index is 1960. The van der Waals surface area contributed by atoms with E-state index in [1.807, 2.05) is 0 Å². The number of carbonyl (C=O) groups excluding carboxylic acids is 1. The van der Waals surface area contributed by atoms with Gasteiger partial charge in [-0.05, 0) is 48.4 Å². The molecule has 0 bridgehead atoms. The van der Waals surface area contributed by atoms with Crippen molar-refractivity contribution in [2.24, 2.45) is 5.73 Å². The molecule has 4 aromatic rings. The lowest BCUT2D eigenvalue weighted by Gasteiger charge is -2.28. The topological polar surface area (TPSA) is 108 Å². The van der Waals surface area contributed by atoms with Crippen molar-refractivity contribution in [2.75, 3.05) is 6.61 Å². The van der Waals surface area contributed by atoms with Crippen molar-refractivity contribution in [3.63, 3.8) is 0 Å². The van der Waals surface area contributed by atoms with Crippen LogP contribution in [0.5, 0.6) is 0 Å². The number of fused-ring (bicyclic) bond motifs is 1. The molecule has 1 aromatic heterocycles. The maximum absolute atomic E-state index is 14.2. The van der Waals surface area contributed by atoms with Gasteiger partial charge in [-0.15, -0.1) is 11.3 Å². The van der Waals surface area contributed by atoms with Crippen LogP contribution in [0.1, 0.15) is 24.0 Å². The highest BCUT2D eigenvalue weighted by atomic mass is 35.5. The molecule has 0 aliphatic carbocycles. The number of carbonyl (C=O) groups is 1. The molecule has 2 N–H and O–H groups in total. The number of thiazole rings is 1. The van der Waals surface area contributed by atoms with E-state index >= 15 is 0 Å². The maximum atomic E-state index is 14.2. The van der Waals surface area contributed by atoms with Crippen molar-refractivity contribution in [3.8, 4) is 0 Å². The molecule has 0 saturated carbocycles. The summed E-state index contributed by atoms with van der Waals surface area (Å²) in [5, 5.41) is 0.635. The molecular weight excluding hydrogens is 591 g/mol. The van der Waals surface area contributed by atoms with Crippen LogP contribution in [0.3, 0.4) is 0 Å². The monoisotopic (exact) mass is 612 g/mol. The smallest absolute Gasteiger partial charge is 0.338 e. The Kier molecular flexibility index (Phi) is 7.74. The van der Waals surface area contributed by atoms with Crippen LogP contribution < -0.4 is 20.5 Å². The first kappa shape index (κ1) is 27.9. The molecule has 0 unspecified atom stereocenters. The van der Waals surface area contributed by atoms with Gasteiger partial charge in [0.1, 0.15) is 15.4 Å². The molecule has 40 heavy (non-hydrogen) atoms. The van der Waals surface area contributed by atoms with Gasteiger partial charge in [0.15, 0.2) is 0 Å². The van der Waals surface area contributed by atoms with Gasteiger partial charge >= 0.3 is 5.97 Å². The van der Waals surface area contributed by atoms with Crippen molar-refractivity contribution in [1.82, 2.24) is 4.57 Å². The number of benzene rings is 3. The molecule has 1 aliphatic heterocycles. The SMILES string of the molecule is CCOC(=O)C1=c2sc(=Cc3ccccc3Cl)c(=O)n2C(N)=C(S(=O)(=O)c2ccccc2)[C@H]1c1ccccc1Cl. The Balaban J connectivity index is 1.96. The van der Waals surface area contributed by atoms with Crippen molar-refractivity contribution in [1.29, 1.82) is 0 Å². The third-order valence-corrected chi connectivity index (χ3v) is 10.1. The number of ether oxygens (including phenoxy) is 1. The number of nitrogens with zero attached hydrogens (tertiary/aromatic N) is 1. The summed E-state index contributed by atoms with van der Waals surface area (Å²) in [5.74, 6) is -2.36. The standard InChI is InChI=1S/C29H22Cl2N2O5S2/c1-2-38-29(35)24-23(19-13-7-9-15-21(19)31)25(40(36,37)18-11-4-3-5-12-18)26(32)33-27(34)22(39-28(24)33)16-17-10-6-8-14-20(17)30/h3-16,23H,2,32H2,1H3/t23-/m0/s1. The van der Waals surface area contributed by atoms with E-state index in [2.05, 4.69) is 0 Å². The minimum absolute atomic E-state index is 0.0196. The average Bonchev–Trinajstić information content (AvgIpc) is 3.26. The summed E-state index contributed by atoms with van der Waals surface area (Å²) in [6.45, 7) is 1.65. The number of nitrogens with two attached hydrogens (primary N) is 1. The number of rotatable bonds is 6. The Labute approximate surface area is 244 Å². The zero-order chi connectivity index (χ0) is 28.6. The fourth-order valence-corrected chi connectivity index (χ4v) is 7.85. The van der Waals surface area contributed by atoms with E-state index in [-0.39, 0.29) is 42.0 Å². The molecule has 1 atom stereocenters. The molecule has 2 heterocycles. The maximum Gasteiger partial charge on any atom is 0.338 e. The second-order valence-corrected chi connectivity index (χ2v) is 12.5. The Morgan fingerprint density at radius 3 is 2.27 bits per heavy atom. The molecular formula is C29H22Cl2N2O5S2. The van der Waals surface area contributed by atoms with E-state index in [0.29, 0.717) is 16.1 Å². The molecule has 0 fully saturated rings. The van der Waals surface area contributed by atoms with E-state index in [1.165, 1.54) is 12.1 Å². The molecule has 3 aromatic carbocycles. The van der Waals surface area contributed by atoms with Gasteiger partial charge in [-0.2, -0.15) is 0 Å². The van der Waals surface area contributed by atoms with E-state index in [9.17, 15) is 18.0 Å². The average molecular weight is 614 g/mol. The quantitative estimate of drug-likeness (QED) is 0.328. The fraction of sp³-hybridized carbons (Fsp3) is 0.103. The first-order chi connectivity index (χ1) is 19.2. The van der Waals surface area contributed by atoms with Gasteiger partial charge in [-0.25, -0.2) is 13.2 Å². The number of aromatic nitrogens is 1. The van der Waals surface area contributed by atoms with E-state index < -0.39 is 27.3 Å². The molecule has 1 aliphatic rings. The van der Waals surface area contributed by atoms with Crippen LogP contribution in [0.2, 0.25) is 10.0 Å². The Hall–Kier alpha value is -3.63. The van der Waals surface area contributed by atoms with Gasteiger partial charge in [0.25, 0.3) is 5.56 Å². The Morgan fingerprint density at radius 2 is 1.62 bits per heavy atom.